The first-order valence-corrected chi connectivity index (χ1v) is 7.08. The molecule has 1 aromatic heterocycles. The predicted molar refractivity (Wildman–Crippen MR) is 72.8 cm³/mol. The lowest BCUT2D eigenvalue weighted by Crippen LogP contribution is -1.97. The predicted octanol–water partition coefficient (Wildman–Crippen LogP) is 3.11. The molecule has 0 unspecified atom stereocenters. The summed E-state index contributed by atoms with van der Waals surface area (Å²) in [6.07, 6.45) is 1.66. The zero-order valence-corrected chi connectivity index (χ0v) is 12.1. The molecule has 96 valence electrons. The number of halogens is 2. The van der Waals surface area contributed by atoms with Gasteiger partial charge in [0.2, 0.25) is 0 Å². The second-order valence-electron chi connectivity index (χ2n) is 3.79. The Bertz CT molecular complexity index is 559. The number of hydrogen-bond acceptors (Lipinski definition) is 3. The highest BCUT2D eigenvalue weighted by Crippen LogP contribution is 2.24. The standard InChI is InChI=1S/C12H12BrFN2OS/c1-16-9(6-17)5-15-12(16)18-7-8-2-3-11(14)10(13)4-8/h2-5,17H,6-7H2,1H3. The molecule has 1 heterocycles. The van der Waals surface area contributed by atoms with Crippen molar-refractivity contribution in [2.45, 2.75) is 17.5 Å². The minimum Gasteiger partial charge on any atom is -0.390 e. The number of benzene rings is 1. The maximum atomic E-state index is 13.1. The van der Waals surface area contributed by atoms with Gasteiger partial charge in [0.15, 0.2) is 5.16 Å². The molecule has 0 aliphatic rings. The monoisotopic (exact) mass is 330 g/mol. The number of thioether (sulfide) groups is 1. The van der Waals surface area contributed by atoms with Crippen molar-refractivity contribution in [3.05, 3.63) is 45.9 Å². The van der Waals surface area contributed by atoms with Gasteiger partial charge in [-0.05, 0) is 33.6 Å². The van der Waals surface area contributed by atoms with Crippen LogP contribution < -0.4 is 0 Å². The number of imidazole rings is 1. The van der Waals surface area contributed by atoms with Crippen LogP contribution in [0.15, 0.2) is 34.0 Å². The van der Waals surface area contributed by atoms with E-state index in [2.05, 4.69) is 20.9 Å². The van der Waals surface area contributed by atoms with Crippen molar-refractivity contribution in [3.63, 3.8) is 0 Å². The molecule has 0 aliphatic carbocycles. The highest BCUT2D eigenvalue weighted by molar-refractivity contribution is 9.10. The van der Waals surface area contributed by atoms with Crippen LogP contribution in [0.2, 0.25) is 0 Å². The molecule has 0 amide bonds. The van der Waals surface area contributed by atoms with Gasteiger partial charge in [-0.3, -0.25) is 0 Å². The third kappa shape index (κ3) is 2.93. The second kappa shape index (κ2) is 5.86. The van der Waals surface area contributed by atoms with Crippen molar-refractivity contribution in [2.24, 2.45) is 7.05 Å². The third-order valence-electron chi connectivity index (χ3n) is 2.56. The summed E-state index contributed by atoms with van der Waals surface area (Å²) in [4.78, 5) is 4.22. The number of aliphatic hydroxyl groups excluding tert-OH is 1. The Morgan fingerprint density at radius 3 is 2.89 bits per heavy atom. The molecule has 0 bridgehead atoms. The lowest BCUT2D eigenvalue weighted by atomic mass is 10.2. The molecule has 6 heteroatoms. The van der Waals surface area contributed by atoms with Crippen LogP contribution in [0.1, 0.15) is 11.3 Å². The Morgan fingerprint density at radius 1 is 1.50 bits per heavy atom. The molecule has 18 heavy (non-hydrogen) atoms. The Morgan fingerprint density at radius 2 is 2.28 bits per heavy atom. The fraction of sp³-hybridized carbons (Fsp3) is 0.250. The van der Waals surface area contributed by atoms with E-state index in [0.717, 1.165) is 16.4 Å². The van der Waals surface area contributed by atoms with Gasteiger partial charge < -0.3 is 9.67 Å². The van der Waals surface area contributed by atoms with Gasteiger partial charge in [0.1, 0.15) is 5.82 Å². The normalized spacial score (nSPS) is 10.9. The molecular weight excluding hydrogens is 319 g/mol. The van der Waals surface area contributed by atoms with E-state index >= 15 is 0 Å². The Balaban J connectivity index is 2.06. The van der Waals surface area contributed by atoms with Crippen LogP contribution in [0.25, 0.3) is 0 Å². The van der Waals surface area contributed by atoms with E-state index in [1.807, 2.05) is 11.6 Å². The Labute approximate surface area is 117 Å². The van der Waals surface area contributed by atoms with Crippen molar-refractivity contribution < 1.29 is 9.50 Å². The first-order chi connectivity index (χ1) is 8.61. The van der Waals surface area contributed by atoms with Crippen LogP contribution in [0.3, 0.4) is 0 Å². The summed E-state index contributed by atoms with van der Waals surface area (Å²) in [5.41, 5.74) is 1.79. The van der Waals surface area contributed by atoms with Gasteiger partial charge in [0.25, 0.3) is 0 Å². The van der Waals surface area contributed by atoms with E-state index < -0.39 is 0 Å². The number of hydrogen-bond donors (Lipinski definition) is 1. The van der Waals surface area contributed by atoms with Crippen molar-refractivity contribution in [3.8, 4) is 0 Å². The molecule has 2 aromatic rings. The average molecular weight is 331 g/mol. The zero-order chi connectivity index (χ0) is 13.1. The quantitative estimate of drug-likeness (QED) is 0.875. The molecule has 0 radical (unpaired) electrons. The topological polar surface area (TPSA) is 38.0 Å². The van der Waals surface area contributed by atoms with Gasteiger partial charge in [-0.15, -0.1) is 0 Å². The largest absolute Gasteiger partial charge is 0.390 e. The molecular formula is C12H12BrFN2OS. The first kappa shape index (κ1) is 13.6. The summed E-state index contributed by atoms with van der Waals surface area (Å²) in [5, 5.41) is 9.90. The van der Waals surface area contributed by atoms with Crippen molar-refractivity contribution in [2.75, 3.05) is 0 Å². The molecule has 1 aromatic carbocycles. The minimum absolute atomic E-state index is 0.0217. The maximum absolute atomic E-state index is 13.1. The van der Waals surface area contributed by atoms with Gasteiger partial charge in [-0.2, -0.15) is 0 Å². The lowest BCUT2D eigenvalue weighted by Gasteiger charge is -2.04. The Hall–Kier alpha value is -0.850. The molecule has 2 rings (SSSR count). The molecule has 0 aliphatic heterocycles. The first-order valence-electron chi connectivity index (χ1n) is 5.30. The van der Waals surface area contributed by atoms with Crippen LogP contribution in [0.4, 0.5) is 4.39 Å². The number of rotatable bonds is 4. The highest BCUT2D eigenvalue weighted by atomic mass is 79.9. The van der Waals surface area contributed by atoms with Gasteiger partial charge in [-0.25, -0.2) is 9.37 Å². The van der Waals surface area contributed by atoms with Crippen LogP contribution in [0, 0.1) is 5.82 Å². The second-order valence-corrected chi connectivity index (χ2v) is 5.58. The van der Waals surface area contributed by atoms with Crippen LogP contribution in [0.5, 0.6) is 0 Å². The molecule has 0 spiro atoms. The van der Waals surface area contributed by atoms with Gasteiger partial charge >= 0.3 is 0 Å². The highest BCUT2D eigenvalue weighted by Gasteiger charge is 2.07. The van der Waals surface area contributed by atoms with Crippen LogP contribution >= 0.6 is 27.7 Å². The van der Waals surface area contributed by atoms with Gasteiger partial charge in [0.05, 0.1) is 23.0 Å². The van der Waals surface area contributed by atoms with E-state index in [4.69, 9.17) is 5.11 Å². The number of aliphatic hydroxyl groups is 1. The summed E-state index contributed by atoms with van der Waals surface area (Å²) in [6, 6.07) is 4.96. The fourth-order valence-corrected chi connectivity index (χ4v) is 2.82. The van der Waals surface area contributed by atoms with Gasteiger partial charge in [0, 0.05) is 12.8 Å². The summed E-state index contributed by atoms with van der Waals surface area (Å²) >= 11 is 4.71. The molecule has 1 N–H and O–H groups in total. The van der Waals surface area contributed by atoms with E-state index in [0.29, 0.717) is 10.2 Å². The summed E-state index contributed by atoms with van der Waals surface area (Å²) in [7, 11) is 1.86. The number of aromatic nitrogens is 2. The maximum Gasteiger partial charge on any atom is 0.168 e. The molecule has 3 nitrogen and oxygen atoms in total. The van der Waals surface area contributed by atoms with Crippen molar-refractivity contribution in [1.29, 1.82) is 0 Å². The minimum atomic E-state index is -0.261. The summed E-state index contributed by atoms with van der Waals surface area (Å²) in [5.74, 6) is 0.442. The molecule has 0 saturated heterocycles. The van der Waals surface area contributed by atoms with Crippen LogP contribution in [-0.4, -0.2) is 14.7 Å². The average Bonchev–Trinajstić information content (AvgIpc) is 2.72. The van der Waals surface area contributed by atoms with Crippen LogP contribution in [-0.2, 0) is 19.4 Å². The summed E-state index contributed by atoms with van der Waals surface area (Å²) in [6.45, 7) is -0.0217. The van der Waals surface area contributed by atoms with E-state index in [1.54, 1.807) is 30.1 Å². The van der Waals surface area contributed by atoms with E-state index in [-0.39, 0.29) is 12.4 Å². The lowest BCUT2D eigenvalue weighted by molar-refractivity contribution is 0.271. The smallest absolute Gasteiger partial charge is 0.168 e. The molecule has 0 fully saturated rings. The molecule has 0 saturated carbocycles. The fourth-order valence-electron chi connectivity index (χ4n) is 1.48. The molecule has 0 atom stereocenters. The van der Waals surface area contributed by atoms with Crippen molar-refractivity contribution >= 4 is 27.7 Å². The van der Waals surface area contributed by atoms with Gasteiger partial charge in [-0.1, -0.05) is 17.8 Å². The Kier molecular flexibility index (Phi) is 4.42. The van der Waals surface area contributed by atoms with Crippen molar-refractivity contribution in [1.82, 2.24) is 9.55 Å². The van der Waals surface area contributed by atoms with E-state index in [1.165, 1.54) is 6.07 Å². The zero-order valence-electron chi connectivity index (χ0n) is 9.73. The third-order valence-corrected chi connectivity index (χ3v) is 4.28. The number of nitrogens with zero attached hydrogens (tertiary/aromatic N) is 2. The van der Waals surface area contributed by atoms with E-state index in [9.17, 15) is 4.39 Å². The summed E-state index contributed by atoms with van der Waals surface area (Å²) < 4.78 is 15.4. The SMILES string of the molecule is Cn1c(CO)cnc1SCc1ccc(F)c(Br)c1.